The van der Waals surface area contributed by atoms with E-state index in [1.165, 1.54) is 24.3 Å². The number of anilines is 1. The van der Waals surface area contributed by atoms with Gasteiger partial charge in [0.15, 0.2) is 5.71 Å². The number of unbranched alkanes of at least 4 members (excludes halogenated alkanes) is 3. The third-order valence-corrected chi connectivity index (χ3v) is 17.6. The van der Waals surface area contributed by atoms with E-state index in [4.69, 9.17) is 4.84 Å². The highest BCUT2D eigenvalue weighted by Crippen LogP contribution is 2.49. The van der Waals surface area contributed by atoms with Crippen molar-refractivity contribution in [2.45, 2.75) is 132 Å². The number of fused-ring (bicyclic) bond motifs is 2. The first-order valence-corrected chi connectivity index (χ1v) is 31.1. The molecule has 0 unspecified atom stereocenters. The van der Waals surface area contributed by atoms with E-state index in [1.54, 1.807) is 12.1 Å². The lowest BCUT2D eigenvalue weighted by Gasteiger charge is -2.28. The molecule has 19 nitrogen and oxygen atoms in total. The van der Waals surface area contributed by atoms with Gasteiger partial charge in [0.25, 0.3) is 52.3 Å². The highest BCUT2D eigenvalue weighted by atomic mass is 32.2. The third kappa shape index (κ3) is 13.7. The van der Waals surface area contributed by atoms with Crippen LogP contribution in [0, 0.1) is 0 Å². The molecule has 0 atom stereocenters. The van der Waals surface area contributed by atoms with E-state index >= 15 is 0 Å². The van der Waals surface area contributed by atoms with Gasteiger partial charge in [-0.15, -0.1) is 5.06 Å². The van der Waals surface area contributed by atoms with Gasteiger partial charge in [-0.25, -0.2) is 4.79 Å². The topological polar surface area (TPSA) is 287 Å². The van der Waals surface area contributed by atoms with Gasteiger partial charge in [0.2, 0.25) is 5.69 Å². The van der Waals surface area contributed by atoms with Gasteiger partial charge in [-0.2, -0.15) is 38.2 Å². The van der Waals surface area contributed by atoms with Crippen LogP contribution in [-0.4, -0.2) is 110 Å². The molecular weight excluding hydrogens is 1060 g/mol. The Kier molecular flexibility index (Phi) is 17.4. The summed E-state index contributed by atoms with van der Waals surface area (Å²) in [5, 5.41) is 0.532. The summed E-state index contributed by atoms with van der Waals surface area (Å²) in [5.41, 5.74) is 7.17. The van der Waals surface area contributed by atoms with Gasteiger partial charge in [0, 0.05) is 66.7 Å². The molecule has 0 aromatic heterocycles. The minimum Gasteiger partial charge on any atom is -0.344 e. The molecule has 3 aromatic carbocycles. The van der Waals surface area contributed by atoms with Crippen molar-refractivity contribution in [1.29, 1.82) is 0 Å². The molecule has 7 rings (SSSR count). The number of imide groups is 1. The van der Waals surface area contributed by atoms with E-state index in [0.717, 1.165) is 51.2 Å². The summed E-state index contributed by atoms with van der Waals surface area (Å²) in [6, 6.07) is 16.7. The first kappa shape index (κ1) is 58.0. The average molecular weight is 1130 g/mol. The number of aryl methyl sites for hydroxylation is 1. The molecule has 1 saturated heterocycles. The number of hydrogen-bond donors (Lipinski definition) is 4. The first-order chi connectivity index (χ1) is 35.5. The van der Waals surface area contributed by atoms with Crippen LogP contribution in [0.1, 0.15) is 127 Å². The van der Waals surface area contributed by atoms with E-state index in [2.05, 4.69) is 6.07 Å². The number of hydrogen-bond acceptors (Lipinski definition) is 13. The van der Waals surface area contributed by atoms with Crippen molar-refractivity contribution in [3.8, 4) is 0 Å². The van der Waals surface area contributed by atoms with E-state index in [9.17, 15) is 66.3 Å². The quantitative estimate of drug-likeness (QED) is 0.0320. The Morgan fingerprint density at radius 2 is 1.33 bits per heavy atom. The van der Waals surface area contributed by atoms with Crippen molar-refractivity contribution in [2.24, 2.45) is 0 Å². The van der Waals surface area contributed by atoms with Crippen molar-refractivity contribution in [3.63, 3.8) is 0 Å². The van der Waals surface area contributed by atoms with Gasteiger partial charge in [-0.05, 0) is 135 Å². The molecule has 2 amide bonds. The highest BCUT2D eigenvalue weighted by Gasteiger charge is 2.45. The predicted octanol–water partition coefficient (Wildman–Crippen LogP) is 8.01. The smallest absolute Gasteiger partial charge is 0.333 e. The van der Waals surface area contributed by atoms with Gasteiger partial charge >= 0.3 is 5.97 Å². The van der Waals surface area contributed by atoms with Crippen LogP contribution in [0.5, 0.6) is 0 Å². The molecular formula is C53H64N3O16S4+. The molecule has 4 N–H and O–H groups in total. The second kappa shape index (κ2) is 22.7. The standard InChI is InChI=1S/C53H63N3O16S4/c1-52(2)42-23-21-41(76(69,70)71)35-45(42)55(30-8-10-32-74(63,64)65)46(52)25-19-37-15-12-16-38(51(37)39-17-11-14-36(33-39)13-5-6-18-50(59)72-56-48(57)27-28-49(56)58)20-26-47-53(3,4)43-34-40(75(66,67)68)22-24-44(43)54(47)29-7-9-31-73(60,61)62/h11,14,17,19-26,33-35H,5-10,12-13,15-16,18,27-32H2,1-4H3,(H3-,60,61,62,63,64,65,66,67,68,69,70,71)/p+1. The summed E-state index contributed by atoms with van der Waals surface area (Å²) in [6.07, 6.45) is 12.4. The summed E-state index contributed by atoms with van der Waals surface area (Å²) in [4.78, 5) is 42.9. The number of carbonyl (C=O) groups is 3. The predicted molar refractivity (Wildman–Crippen MR) is 284 cm³/mol. The van der Waals surface area contributed by atoms with Crippen LogP contribution < -0.4 is 4.90 Å². The number of carbonyl (C=O) groups excluding carboxylic acids is 3. The monoisotopic (exact) mass is 1130 g/mol. The van der Waals surface area contributed by atoms with E-state index in [1.807, 2.05) is 79.7 Å². The Labute approximate surface area is 444 Å². The second-order valence-corrected chi connectivity index (χ2v) is 26.5. The molecule has 3 aromatic rings. The number of benzene rings is 3. The molecule has 1 fully saturated rings. The van der Waals surface area contributed by atoms with Gasteiger partial charge in [-0.3, -0.25) is 27.8 Å². The van der Waals surface area contributed by atoms with Gasteiger partial charge in [0.1, 0.15) is 6.54 Å². The fraction of sp³-hybridized carbons (Fsp3) is 0.434. The third-order valence-electron chi connectivity index (χ3n) is 14.3. The number of nitrogens with zero attached hydrogens (tertiary/aromatic N) is 3. The molecule has 0 saturated carbocycles. The Morgan fingerprint density at radius 1 is 0.684 bits per heavy atom. The lowest BCUT2D eigenvalue weighted by molar-refractivity contribution is -0.438. The van der Waals surface area contributed by atoms with Crippen LogP contribution in [0.2, 0.25) is 0 Å². The van der Waals surface area contributed by atoms with Crippen LogP contribution in [0.25, 0.3) is 5.57 Å². The van der Waals surface area contributed by atoms with Gasteiger partial charge in [-0.1, -0.05) is 56.3 Å². The molecule has 1 aliphatic carbocycles. The number of amides is 2. The Morgan fingerprint density at radius 3 is 1.99 bits per heavy atom. The molecule has 4 aliphatic rings. The Hall–Kier alpha value is -5.66. The lowest BCUT2D eigenvalue weighted by Crippen LogP contribution is -2.31. The van der Waals surface area contributed by atoms with Crippen molar-refractivity contribution in [2.75, 3.05) is 29.5 Å². The zero-order valence-corrected chi connectivity index (χ0v) is 46.0. The lowest BCUT2D eigenvalue weighted by atomic mass is 9.79. The van der Waals surface area contributed by atoms with Gasteiger partial charge in [0.05, 0.1) is 26.7 Å². The van der Waals surface area contributed by atoms with Crippen LogP contribution in [0.4, 0.5) is 11.4 Å². The summed E-state index contributed by atoms with van der Waals surface area (Å²) >= 11 is 0. The maximum Gasteiger partial charge on any atom is 0.333 e. The van der Waals surface area contributed by atoms with Crippen molar-refractivity contribution < 1.29 is 75.7 Å². The normalized spacial score (nSPS) is 18.9. The number of allylic oxidation sites excluding steroid dienone is 8. The molecule has 3 aliphatic heterocycles. The van der Waals surface area contributed by atoms with Crippen molar-refractivity contribution in [1.82, 2.24) is 5.06 Å². The maximum absolute atomic E-state index is 12.6. The second-order valence-electron chi connectivity index (χ2n) is 20.5. The van der Waals surface area contributed by atoms with E-state index in [0.29, 0.717) is 73.5 Å². The summed E-state index contributed by atoms with van der Waals surface area (Å²) in [6.45, 7) is 8.37. The molecule has 0 spiro atoms. The molecule has 0 radical (unpaired) electrons. The van der Waals surface area contributed by atoms with Crippen molar-refractivity contribution in [3.05, 3.63) is 124 Å². The van der Waals surface area contributed by atoms with Crippen LogP contribution in [-0.2, 0) is 76.9 Å². The fourth-order valence-corrected chi connectivity index (χ4v) is 12.7. The SMILES string of the molecule is CC1(C)C(/C=C/C2=C(c3cccc(CCCCC(=O)ON4C(=O)CCC4=O)c3)C(=C/C=C3/N(CCCCS(=O)(=O)O)c4cc(S(=O)(=O)O)ccc4C3(C)C)/CCC2)=[N+](CCCCS(=O)(=O)O)c2ccc(S(=O)(=O)O)cc21. The van der Waals surface area contributed by atoms with Crippen LogP contribution >= 0.6 is 0 Å². The minimum atomic E-state index is -4.60. The average Bonchev–Trinajstić information content (AvgIpc) is 3.84. The Bertz CT molecular complexity index is 3450. The molecule has 0 bridgehead atoms. The van der Waals surface area contributed by atoms with Gasteiger partial charge < -0.3 is 9.74 Å². The Balaban J connectivity index is 1.31. The molecule has 76 heavy (non-hydrogen) atoms. The maximum atomic E-state index is 12.6. The summed E-state index contributed by atoms with van der Waals surface area (Å²) in [5.74, 6) is -2.71. The van der Waals surface area contributed by atoms with Crippen LogP contribution in [0.3, 0.4) is 0 Å². The largest absolute Gasteiger partial charge is 0.344 e. The first-order valence-electron chi connectivity index (χ1n) is 25.0. The summed E-state index contributed by atoms with van der Waals surface area (Å²) in [7, 11) is -17.6. The zero-order chi connectivity index (χ0) is 55.6. The summed E-state index contributed by atoms with van der Waals surface area (Å²) < 4.78 is 137. The van der Waals surface area contributed by atoms with Crippen molar-refractivity contribution >= 4 is 80.9 Å². The van der Waals surface area contributed by atoms with Crippen LogP contribution in [0.15, 0.2) is 112 Å². The molecule has 3 heterocycles. The number of hydroxylamine groups is 2. The fourth-order valence-electron chi connectivity index (χ4n) is 10.5. The van der Waals surface area contributed by atoms with E-state index in [-0.39, 0.29) is 48.4 Å². The molecule has 23 heteroatoms. The minimum absolute atomic E-state index is 0.00951. The highest BCUT2D eigenvalue weighted by molar-refractivity contribution is 7.86. The molecule has 410 valence electrons. The number of rotatable bonds is 22. The zero-order valence-electron chi connectivity index (χ0n) is 42.8. The van der Waals surface area contributed by atoms with E-state index < -0.39 is 80.6 Å².